The van der Waals surface area contributed by atoms with Crippen LogP contribution in [0.1, 0.15) is 12.6 Å². The molecule has 0 radical (unpaired) electrons. The highest BCUT2D eigenvalue weighted by Crippen LogP contribution is 2.28. The van der Waals surface area contributed by atoms with Crippen molar-refractivity contribution in [2.45, 2.75) is 25.5 Å². The van der Waals surface area contributed by atoms with Crippen molar-refractivity contribution in [3.8, 4) is 11.6 Å². The van der Waals surface area contributed by atoms with Crippen molar-refractivity contribution in [1.82, 2.24) is 10.3 Å². The summed E-state index contributed by atoms with van der Waals surface area (Å²) in [5.41, 5.74) is 0.437. The molecule has 0 spiro atoms. The van der Waals surface area contributed by atoms with E-state index in [4.69, 9.17) is 9.84 Å². The Kier molecular flexibility index (Phi) is 2.67. The Labute approximate surface area is 91.3 Å². The molecule has 1 aromatic rings. The molecule has 1 aromatic heterocycles. The van der Waals surface area contributed by atoms with Crippen LogP contribution in [-0.4, -0.2) is 28.7 Å². The minimum absolute atomic E-state index is 0.0423. The first-order chi connectivity index (χ1) is 7.47. The van der Waals surface area contributed by atoms with Gasteiger partial charge in [-0.15, -0.1) is 0 Å². The van der Waals surface area contributed by atoms with Crippen LogP contribution in [0, 0.1) is 0 Å². The van der Waals surface area contributed by atoms with Gasteiger partial charge in [-0.25, -0.2) is 13.8 Å². The van der Waals surface area contributed by atoms with Gasteiger partial charge in [0.05, 0.1) is 0 Å². The summed E-state index contributed by atoms with van der Waals surface area (Å²) in [6, 6.07) is 2.76. The third-order valence-corrected chi connectivity index (χ3v) is 2.37. The Balaban J connectivity index is 2.28. The molecule has 0 fully saturated rings. The van der Waals surface area contributed by atoms with E-state index in [9.17, 15) is 8.78 Å². The fourth-order valence-electron chi connectivity index (χ4n) is 1.51. The van der Waals surface area contributed by atoms with Crippen molar-refractivity contribution < 1.29 is 18.6 Å². The van der Waals surface area contributed by atoms with Gasteiger partial charge in [0.15, 0.2) is 6.10 Å². The van der Waals surface area contributed by atoms with Crippen LogP contribution in [0.15, 0.2) is 12.1 Å². The molecule has 0 amide bonds. The second kappa shape index (κ2) is 3.86. The smallest absolute Gasteiger partial charge is 0.282 e. The van der Waals surface area contributed by atoms with Crippen LogP contribution in [0.4, 0.5) is 8.78 Å². The summed E-state index contributed by atoms with van der Waals surface area (Å²) in [7, 11) is 0. The van der Waals surface area contributed by atoms with Crippen LogP contribution in [0.25, 0.3) is 0 Å². The third kappa shape index (κ3) is 2.21. The molecule has 2 heterocycles. The average molecular weight is 230 g/mol. The van der Waals surface area contributed by atoms with Gasteiger partial charge in [0.25, 0.3) is 5.92 Å². The number of halogens is 2. The largest absolute Gasteiger partial charge is 0.493 e. The van der Waals surface area contributed by atoms with Crippen molar-refractivity contribution in [1.29, 1.82) is 0 Å². The van der Waals surface area contributed by atoms with E-state index in [1.165, 1.54) is 12.1 Å². The van der Waals surface area contributed by atoms with Crippen molar-refractivity contribution in [2.24, 2.45) is 0 Å². The maximum Gasteiger partial charge on any atom is 0.282 e. The molecule has 1 aliphatic rings. The lowest BCUT2D eigenvalue weighted by molar-refractivity contribution is -0.0771. The number of hydrogen-bond acceptors (Lipinski definition) is 4. The monoisotopic (exact) mass is 230 g/mol. The van der Waals surface area contributed by atoms with E-state index < -0.39 is 12.0 Å². The number of pyridine rings is 1. The minimum atomic E-state index is -2.92. The Hall–Kier alpha value is -1.43. The number of alkyl halides is 2. The molecule has 0 saturated heterocycles. The van der Waals surface area contributed by atoms with E-state index >= 15 is 0 Å². The van der Waals surface area contributed by atoms with Crippen LogP contribution >= 0.6 is 0 Å². The highest BCUT2D eigenvalue weighted by Gasteiger charge is 2.37. The lowest BCUT2D eigenvalue weighted by Gasteiger charge is -2.22. The Morgan fingerprint density at radius 2 is 2.31 bits per heavy atom. The van der Waals surface area contributed by atoms with Gasteiger partial charge in [-0.05, 0) is 6.07 Å². The first kappa shape index (κ1) is 11.1. The number of fused-ring (bicyclic) bond motifs is 1. The molecule has 0 aromatic carbocycles. The maximum absolute atomic E-state index is 13.1. The Morgan fingerprint density at radius 3 is 3.00 bits per heavy atom. The molecule has 0 aliphatic carbocycles. The van der Waals surface area contributed by atoms with Crippen molar-refractivity contribution in [2.75, 3.05) is 6.54 Å². The SMILES string of the molecule is CC(F)(F)[C@@H]1CNCc2nc(O)ccc2O1. The van der Waals surface area contributed by atoms with Crippen molar-refractivity contribution in [3.63, 3.8) is 0 Å². The van der Waals surface area contributed by atoms with Crippen molar-refractivity contribution >= 4 is 0 Å². The molecule has 16 heavy (non-hydrogen) atoms. The predicted octanol–water partition coefficient (Wildman–Crippen LogP) is 1.29. The number of nitrogens with zero attached hydrogens (tertiary/aromatic N) is 1. The number of ether oxygens (including phenoxy) is 1. The van der Waals surface area contributed by atoms with E-state index in [0.717, 1.165) is 6.92 Å². The number of aromatic nitrogens is 1. The number of rotatable bonds is 1. The van der Waals surface area contributed by atoms with Crippen LogP contribution in [0.3, 0.4) is 0 Å². The van der Waals surface area contributed by atoms with E-state index in [-0.39, 0.29) is 18.2 Å². The van der Waals surface area contributed by atoms with Gasteiger partial charge in [-0.1, -0.05) is 0 Å². The zero-order chi connectivity index (χ0) is 11.8. The lowest BCUT2D eigenvalue weighted by atomic mass is 10.2. The molecule has 4 nitrogen and oxygen atoms in total. The van der Waals surface area contributed by atoms with Gasteiger partial charge in [0.2, 0.25) is 5.88 Å². The zero-order valence-electron chi connectivity index (χ0n) is 8.70. The van der Waals surface area contributed by atoms with Gasteiger partial charge in [-0.3, -0.25) is 0 Å². The standard InChI is InChI=1S/C10H12F2N2O2/c1-10(11,12)8-5-13-4-6-7(16-8)2-3-9(15)14-6/h2-3,8,13H,4-5H2,1H3,(H,14,15)/t8-/m0/s1. The molecule has 0 saturated carbocycles. The molecule has 1 aliphatic heterocycles. The summed E-state index contributed by atoms with van der Waals surface area (Å²) in [5, 5.41) is 12.0. The molecule has 0 bridgehead atoms. The lowest BCUT2D eigenvalue weighted by Crippen LogP contribution is -2.42. The van der Waals surface area contributed by atoms with Crippen LogP contribution in [0.5, 0.6) is 11.6 Å². The molecule has 2 N–H and O–H groups in total. The summed E-state index contributed by atoms with van der Waals surface area (Å²) < 4.78 is 31.4. The molecule has 2 rings (SSSR count). The van der Waals surface area contributed by atoms with Gasteiger partial charge in [-0.2, -0.15) is 0 Å². The van der Waals surface area contributed by atoms with Crippen LogP contribution < -0.4 is 10.1 Å². The maximum atomic E-state index is 13.1. The summed E-state index contributed by atoms with van der Waals surface area (Å²) >= 11 is 0. The molecular formula is C10H12F2N2O2. The van der Waals surface area contributed by atoms with Gasteiger partial charge in [0.1, 0.15) is 11.4 Å². The molecule has 88 valence electrons. The predicted molar refractivity (Wildman–Crippen MR) is 52.6 cm³/mol. The average Bonchev–Trinajstić information content (AvgIpc) is 2.38. The number of aromatic hydroxyl groups is 1. The van der Waals surface area contributed by atoms with Gasteiger partial charge < -0.3 is 15.2 Å². The summed E-state index contributed by atoms with van der Waals surface area (Å²) in [4.78, 5) is 3.81. The van der Waals surface area contributed by atoms with Crippen molar-refractivity contribution in [3.05, 3.63) is 17.8 Å². The molecule has 6 heteroatoms. The van der Waals surface area contributed by atoms with Crippen LogP contribution in [0.2, 0.25) is 0 Å². The third-order valence-electron chi connectivity index (χ3n) is 2.37. The van der Waals surface area contributed by atoms with E-state index in [0.29, 0.717) is 12.2 Å². The molecule has 1 atom stereocenters. The van der Waals surface area contributed by atoms with Gasteiger partial charge in [0, 0.05) is 26.1 Å². The Morgan fingerprint density at radius 1 is 1.56 bits per heavy atom. The first-order valence-corrected chi connectivity index (χ1v) is 4.91. The van der Waals surface area contributed by atoms with E-state index in [1.54, 1.807) is 0 Å². The summed E-state index contributed by atoms with van der Waals surface area (Å²) in [5.74, 6) is -2.79. The zero-order valence-corrected chi connectivity index (χ0v) is 8.70. The summed E-state index contributed by atoms with van der Waals surface area (Å²) in [6.45, 7) is 1.16. The first-order valence-electron chi connectivity index (χ1n) is 4.91. The second-order valence-corrected chi connectivity index (χ2v) is 3.81. The fraction of sp³-hybridized carbons (Fsp3) is 0.500. The summed E-state index contributed by atoms with van der Waals surface area (Å²) in [6.07, 6.45) is -1.22. The van der Waals surface area contributed by atoms with E-state index in [2.05, 4.69) is 10.3 Å². The topological polar surface area (TPSA) is 54.4 Å². The van der Waals surface area contributed by atoms with E-state index in [1.807, 2.05) is 0 Å². The van der Waals surface area contributed by atoms with Gasteiger partial charge >= 0.3 is 0 Å². The fourth-order valence-corrected chi connectivity index (χ4v) is 1.51. The van der Waals surface area contributed by atoms with Crippen LogP contribution in [-0.2, 0) is 6.54 Å². The normalized spacial score (nSPS) is 20.8. The number of hydrogen-bond donors (Lipinski definition) is 2. The number of nitrogens with one attached hydrogen (secondary N) is 1. The minimum Gasteiger partial charge on any atom is -0.493 e. The second-order valence-electron chi connectivity index (χ2n) is 3.81. The quantitative estimate of drug-likeness (QED) is 0.763. The molecule has 0 unspecified atom stereocenters. The Bertz CT molecular complexity index is 393. The highest BCUT2D eigenvalue weighted by atomic mass is 19.3. The molecular weight excluding hydrogens is 218 g/mol. The highest BCUT2D eigenvalue weighted by molar-refractivity contribution is 5.32.